The molecule has 0 aromatic carbocycles. The number of methoxy groups -OCH3 is 1. The highest BCUT2D eigenvalue weighted by atomic mass is 16.6. The quantitative estimate of drug-likeness (QED) is 0.559. The molecule has 0 aromatic rings. The van der Waals surface area contributed by atoms with Gasteiger partial charge in [0.25, 0.3) is 0 Å². The molecular weight excluding hydrogens is 238 g/mol. The third kappa shape index (κ3) is 3.72. The van der Waals surface area contributed by atoms with Crippen LogP contribution in [0.1, 0.15) is 33.6 Å². The fourth-order valence-corrected chi connectivity index (χ4v) is 1.59. The van der Waals surface area contributed by atoms with Crippen LogP contribution in [0.3, 0.4) is 0 Å². The van der Waals surface area contributed by atoms with E-state index in [2.05, 4.69) is 4.74 Å². The fourth-order valence-electron chi connectivity index (χ4n) is 1.59. The van der Waals surface area contributed by atoms with E-state index in [1.807, 2.05) is 0 Å². The normalized spacial score (nSPS) is 18.9. The Morgan fingerprint density at radius 2 is 1.89 bits per heavy atom. The fraction of sp³-hybridized carbons (Fsp3) is 0.750. The summed E-state index contributed by atoms with van der Waals surface area (Å²) in [5, 5.41) is 0. The second kappa shape index (κ2) is 5.37. The van der Waals surface area contributed by atoms with E-state index in [0.29, 0.717) is 13.0 Å². The van der Waals surface area contributed by atoms with Crippen LogP contribution < -0.4 is 0 Å². The average molecular weight is 257 g/mol. The summed E-state index contributed by atoms with van der Waals surface area (Å²) in [6.07, 6.45) is -0.257. The van der Waals surface area contributed by atoms with E-state index in [0.717, 1.165) is 0 Å². The monoisotopic (exact) mass is 257 g/mol. The first-order valence-corrected chi connectivity index (χ1v) is 5.84. The minimum absolute atomic E-state index is 0.305. The molecule has 1 heterocycles. The van der Waals surface area contributed by atoms with Crippen molar-refractivity contribution in [3.05, 3.63) is 0 Å². The number of likely N-dealkylation sites (tertiary alicyclic amines) is 1. The summed E-state index contributed by atoms with van der Waals surface area (Å²) in [5.74, 6) is -0.894. The highest BCUT2D eigenvalue weighted by Gasteiger charge is 2.40. The summed E-state index contributed by atoms with van der Waals surface area (Å²) in [5.41, 5.74) is -0.595. The molecule has 0 aliphatic carbocycles. The van der Waals surface area contributed by atoms with Crippen molar-refractivity contribution in [1.82, 2.24) is 4.90 Å². The molecule has 102 valence electrons. The number of rotatable bonds is 3. The molecule has 1 amide bonds. The number of hydrogen-bond acceptors (Lipinski definition) is 5. The maximum atomic E-state index is 11.7. The Morgan fingerprint density at radius 1 is 1.28 bits per heavy atom. The van der Waals surface area contributed by atoms with Crippen LogP contribution >= 0.6 is 0 Å². The number of amides is 1. The molecule has 6 nitrogen and oxygen atoms in total. The van der Waals surface area contributed by atoms with Crippen LogP contribution in [0.5, 0.6) is 0 Å². The summed E-state index contributed by atoms with van der Waals surface area (Å²) < 4.78 is 9.59. The van der Waals surface area contributed by atoms with Crippen molar-refractivity contribution >= 4 is 17.8 Å². The standard InChI is InChI=1S/C12H19NO5/c1-12(2,3)18-11(16)13-6-5-8(13)9(14)7-10(15)17-4/h8H,5-7H2,1-4H3. The Labute approximate surface area is 106 Å². The molecule has 1 rings (SSSR count). The summed E-state index contributed by atoms with van der Waals surface area (Å²) in [4.78, 5) is 35.8. The summed E-state index contributed by atoms with van der Waals surface area (Å²) in [7, 11) is 1.22. The molecule has 6 heteroatoms. The van der Waals surface area contributed by atoms with Gasteiger partial charge in [0.1, 0.15) is 12.0 Å². The van der Waals surface area contributed by atoms with Gasteiger partial charge < -0.3 is 9.47 Å². The van der Waals surface area contributed by atoms with E-state index < -0.39 is 23.7 Å². The Kier molecular flexibility index (Phi) is 4.32. The summed E-state index contributed by atoms with van der Waals surface area (Å²) in [6, 6.07) is -0.557. The summed E-state index contributed by atoms with van der Waals surface area (Å²) >= 11 is 0. The van der Waals surface area contributed by atoms with Gasteiger partial charge in [0.2, 0.25) is 0 Å². The van der Waals surface area contributed by atoms with E-state index in [1.54, 1.807) is 20.8 Å². The highest BCUT2D eigenvalue weighted by molar-refractivity contribution is 6.00. The van der Waals surface area contributed by atoms with Crippen LogP contribution in [0.4, 0.5) is 4.79 Å². The molecule has 1 fully saturated rings. The van der Waals surface area contributed by atoms with E-state index in [4.69, 9.17) is 4.74 Å². The minimum atomic E-state index is -0.595. The third-order valence-corrected chi connectivity index (χ3v) is 2.57. The van der Waals surface area contributed by atoms with Crippen LogP contribution in [0.15, 0.2) is 0 Å². The van der Waals surface area contributed by atoms with Crippen molar-refractivity contribution in [3.8, 4) is 0 Å². The first-order valence-electron chi connectivity index (χ1n) is 5.84. The van der Waals surface area contributed by atoms with Crippen LogP contribution in [0.25, 0.3) is 0 Å². The zero-order valence-electron chi connectivity index (χ0n) is 11.2. The predicted molar refractivity (Wildman–Crippen MR) is 63.0 cm³/mol. The number of carbonyl (C=O) groups is 3. The second-order valence-electron chi connectivity index (χ2n) is 5.20. The summed E-state index contributed by atoms with van der Waals surface area (Å²) in [6.45, 7) is 5.76. The Bertz CT molecular complexity index is 358. The van der Waals surface area contributed by atoms with Crippen LogP contribution in [0.2, 0.25) is 0 Å². The lowest BCUT2D eigenvalue weighted by atomic mass is 9.97. The van der Waals surface area contributed by atoms with Crippen molar-refractivity contribution in [2.45, 2.75) is 45.3 Å². The zero-order chi connectivity index (χ0) is 13.9. The lowest BCUT2D eigenvalue weighted by Gasteiger charge is -2.40. The van der Waals surface area contributed by atoms with Crippen molar-refractivity contribution in [3.63, 3.8) is 0 Å². The molecule has 0 saturated carbocycles. The topological polar surface area (TPSA) is 72.9 Å². The lowest BCUT2D eigenvalue weighted by molar-refractivity contribution is -0.145. The van der Waals surface area contributed by atoms with Crippen molar-refractivity contribution in [2.75, 3.05) is 13.7 Å². The van der Waals surface area contributed by atoms with Gasteiger partial charge in [0, 0.05) is 6.54 Å². The minimum Gasteiger partial charge on any atom is -0.469 e. The number of esters is 1. The van der Waals surface area contributed by atoms with Gasteiger partial charge in [-0.15, -0.1) is 0 Å². The Hall–Kier alpha value is -1.59. The Morgan fingerprint density at radius 3 is 2.28 bits per heavy atom. The lowest BCUT2D eigenvalue weighted by Crippen LogP contribution is -2.56. The first-order chi connectivity index (χ1) is 8.24. The molecule has 0 bridgehead atoms. The third-order valence-electron chi connectivity index (χ3n) is 2.57. The number of ketones is 1. The number of ether oxygens (including phenoxy) is 2. The molecule has 1 unspecified atom stereocenters. The number of carbonyl (C=O) groups excluding carboxylic acids is 3. The van der Waals surface area contributed by atoms with Crippen LogP contribution in [0, 0.1) is 0 Å². The van der Waals surface area contributed by atoms with Gasteiger partial charge in [-0.25, -0.2) is 4.79 Å². The van der Waals surface area contributed by atoms with E-state index in [-0.39, 0.29) is 12.2 Å². The average Bonchev–Trinajstić information content (AvgIpc) is 2.11. The maximum Gasteiger partial charge on any atom is 0.410 e. The number of nitrogens with zero attached hydrogens (tertiary/aromatic N) is 1. The van der Waals surface area contributed by atoms with E-state index >= 15 is 0 Å². The molecule has 1 aliphatic heterocycles. The largest absolute Gasteiger partial charge is 0.469 e. The van der Waals surface area contributed by atoms with E-state index in [1.165, 1.54) is 12.0 Å². The zero-order valence-corrected chi connectivity index (χ0v) is 11.2. The van der Waals surface area contributed by atoms with Gasteiger partial charge in [-0.2, -0.15) is 0 Å². The SMILES string of the molecule is COC(=O)CC(=O)C1CCN1C(=O)OC(C)(C)C. The molecule has 0 N–H and O–H groups in total. The van der Waals surface area contributed by atoms with Gasteiger partial charge in [0.15, 0.2) is 5.78 Å². The number of hydrogen-bond donors (Lipinski definition) is 0. The predicted octanol–water partition coefficient (Wildman–Crippen LogP) is 1.13. The van der Waals surface area contributed by atoms with Gasteiger partial charge in [-0.05, 0) is 27.2 Å². The van der Waals surface area contributed by atoms with Gasteiger partial charge >= 0.3 is 12.1 Å². The maximum absolute atomic E-state index is 11.7. The van der Waals surface area contributed by atoms with E-state index in [9.17, 15) is 14.4 Å². The molecule has 0 aromatic heterocycles. The van der Waals surface area contributed by atoms with Crippen molar-refractivity contribution < 1.29 is 23.9 Å². The molecule has 1 atom stereocenters. The number of Topliss-reactive ketones (excluding diaryl/α,β-unsaturated/α-hetero) is 1. The molecule has 18 heavy (non-hydrogen) atoms. The molecule has 1 aliphatic rings. The molecule has 0 spiro atoms. The van der Waals surface area contributed by atoms with Crippen molar-refractivity contribution in [2.24, 2.45) is 0 Å². The van der Waals surface area contributed by atoms with Crippen LogP contribution in [-0.2, 0) is 19.1 Å². The van der Waals surface area contributed by atoms with Gasteiger partial charge in [-0.1, -0.05) is 0 Å². The molecular formula is C12H19NO5. The molecule has 1 saturated heterocycles. The first kappa shape index (κ1) is 14.5. The second-order valence-corrected chi connectivity index (χ2v) is 5.20. The van der Waals surface area contributed by atoms with Crippen molar-refractivity contribution in [1.29, 1.82) is 0 Å². The highest BCUT2D eigenvalue weighted by Crippen LogP contribution is 2.22. The molecule has 0 radical (unpaired) electrons. The Balaban J connectivity index is 2.52. The van der Waals surface area contributed by atoms with Gasteiger partial charge in [0.05, 0.1) is 13.2 Å². The van der Waals surface area contributed by atoms with Crippen LogP contribution in [-0.4, -0.2) is 48.0 Å². The van der Waals surface area contributed by atoms with Gasteiger partial charge in [-0.3, -0.25) is 14.5 Å². The smallest absolute Gasteiger partial charge is 0.410 e.